The van der Waals surface area contributed by atoms with E-state index in [1.165, 1.54) is 63.4 Å². The maximum atomic E-state index is 14.9. The highest BCUT2D eigenvalue weighted by molar-refractivity contribution is 5.85. The van der Waals surface area contributed by atoms with Crippen molar-refractivity contribution in [2.75, 3.05) is 0 Å². The second-order valence-electron chi connectivity index (χ2n) is 10.9. The van der Waals surface area contributed by atoms with Gasteiger partial charge >= 0.3 is 0 Å². The van der Waals surface area contributed by atoms with Gasteiger partial charge in [0.1, 0.15) is 5.82 Å². The van der Waals surface area contributed by atoms with Gasteiger partial charge in [-0.25, -0.2) is 4.39 Å². The second kappa shape index (κ2) is 13.6. The minimum Gasteiger partial charge on any atom is -0.206 e. The summed E-state index contributed by atoms with van der Waals surface area (Å²) in [5.74, 6) is 8.20. The Labute approximate surface area is 218 Å². The van der Waals surface area contributed by atoms with Gasteiger partial charge < -0.3 is 0 Å². The van der Waals surface area contributed by atoms with Crippen LogP contribution in [0.4, 0.5) is 4.39 Å². The zero-order valence-electron chi connectivity index (χ0n) is 22.4. The Balaban J connectivity index is 1.34. The third-order valence-electron chi connectivity index (χ3n) is 8.13. The molecule has 0 aliphatic heterocycles. The molecular weight excluding hydrogens is 439 g/mol. The van der Waals surface area contributed by atoms with Crippen LogP contribution in [0.1, 0.15) is 119 Å². The van der Waals surface area contributed by atoms with Gasteiger partial charge in [0.05, 0.1) is 0 Å². The molecular formula is C35H43F. The summed E-state index contributed by atoms with van der Waals surface area (Å²) >= 11 is 0. The van der Waals surface area contributed by atoms with Crippen molar-refractivity contribution >= 4 is 10.8 Å². The summed E-state index contributed by atoms with van der Waals surface area (Å²) in [5.41, 5.74) is 4.28. The first kappa shape index (κ1) is 26.5. The summed E-state index contributed by atoms with van der Waals surface area (Å²) in [7, 11) is 0. The van der Waals surface area contributed by atoms with Gasteiger partial charge in [-0.3, -0.25) is 0 Å². The average Bonchev–Trinajstić information content (AvgIpc) is 2.92. The van der Waals surface area contributed by atoms with Gasteiger partial charge in [-0.15, -0.1) is 0 Å². The lowest BCUT2D eigenvalue weighted by Crippen LogP contribution is -2.13. The van der Waals surface area contributed by atoms with E-state index in [-0.39, 0.29) is 5.82 Å². The van der Waals surface area contributed by atoms with E-state index in [0.29, 0.717) is 11.3 Å². The second-order valence-corrected chi connectivity index (χ2v) is 10.9. The molecule has 1 fully saturated rings. The fourth-order valence-electron chi connectivity index (χ4n) is 5.80. The van der Waals surface area contributed by atoms with Crippen LogP contribution in [-0.2, 0) is 6.42 Å². The van der Waals surface area contributed by atoms with E-state index in [9.17, 15) is 4.39 Å². The first-order valence-electron chi connectivity index (χ1n) is 14.5. The molecule has 4 rings (SSSR count). The van der Waals surface area contributed by atoms with E-state index in [4.69, 9.17) is 0 Å². The lowest BCUT2D eigenvalue weighted by Gasteiger charge is -2.29. The van der Waals surface area contributed by atoms with Crippen molar-refractivity contribution in [3.8, 4) is 11.8 Å². The molecule has 0 saturated heterocycles. The predicted octanol–water partition coefficient (Wildman–Crippen LogP) is 10.4. The summed E-state index contributed by atoms with van der Waals surface area (Å²) in [6, 6.07) is 18.7. The van der Waals surface area contributed by atoms with Gasteiger partial charge in [0.15, 0.2) is 0 Å². The van der Waals surface area contributed by atoms with Gasteiger partial charge in [0.2, 0.25) is 0 Å². The van der Waals surface area contributed by atoms with Gasteiger partial charge in [-0.2, -0.15) is 0 Å². The number of rotatable bonds is 10. The third-order valence-corrected chi connectivity index (χ3v) is 8.13. The Hall–Kier alpha value is -2.59. The van der Waals surface area contributed by atoms with Gasteiger partial charge in [0.25, 0.3) is 0 Å². The zero-order valence-corrected chi connectivity index (χ0v) is 22.4. The van der Waals surface area contributed by atoms with Crippen LogP contribution in [0.5, 0.6) is 0 Å². The zero-order chi connectivity index (χ0) is 25.2. The van der Waals surface area contributed by atoms with E-state index in [2.05, 4.69) is 50.0 Å². The van der Waals surface area contributed by atoms with E-state index in [1.54, 1.807) is 0 Å². The third kappa shape index (κ3) is 7.22. The van der Waals surface area contributed by atoms with Crippen LogP contribution in [-0.4, -0.2) is 0 Å². The Morgan fingerprint density at radius 3 is 2.17 bits per heavy atom. The molecule has 0 spiro atoms. The number of hydrogen-bond acceptors (Lipinski definition) is 0. The maximum Gasteiger partial charge on any atom is 0.134 e. The minimum absolute atomic E-state index is 0.0655. The van der Waals surface area contributed by atoms with Gasteiger partial charge in [0, 0.05) is 16.5 Å². The molecule has 0 nitrogen and oxygen atoms in total. The molecule has 0 amide bonds. The highest BCUT2D eigenvalue weighted by atomic mass is 19.1. The molecule has 0 radical (unpaired) electrons. The van der Waals surface area contributed by atoms with Crippen molar-refractivity contribution in [3.63, 3.8) is 0 Å². The lowest BCUT2D eigenvalue weighted by atomic mass is 9.77. The standard InChI is InChI=1S/C35H43F/c1-3-5-7-9-10-27-14-19-30(20-15-27)31-21-16-28(17-22-31)12-13-29-18-25-34-33(26-29)24-23-32(35(34)36)11-8-6-4-2/h16-18,21-27,30H,3-11,14-15,19-20H2,1-2H3. The highest BCUT2D eigenvalue weighted by Gasteiger charge is 2.21. The predicted molar refractivity (Wildman–Crippen MR) is 153 cm³/mol. The molecule has 1 aliphatic carbocycles. The number of unbranched alkanes of at least 4 members (excludes halogenated alkanes) is 5. The average molecular weight is 483 g/mol. The van der Waals surface area contributed by atoms with Crippen molar-refractivity contribution in [2.24, 2.45) is 5.92 Å². The normalized spacial score (nSPS) is 17.6. The van der Waals surface area contributed by atoms with E-state index in [0.717, 1.165) is 53.7 Å². The molecule has 0 heterocycles. The molecule has 0 aromatic heterocycles. The van der Waals surface area contributed by atoms with Crippen LogP contribution in [0.2, 0.25) is 0 Å². The smallest absolute Gasteiger partial charge is 0.134 e. The van der Waals surface area contributed by atoms with Crippen molar-refractivity contribution in [1.29, 1.82) is 0 Å². The molecule has 1 aliphatic rings. The summed E-state index contributed by atoms with van der Waals surface area (Å²) in [5, 5.41) is 1.63. The van der Waals surface area contributed by atoms with Crippen LogP contribution in [0.25, 0.3) is 10.8 Å². The van der Waals surface area contributed by atoms with Crippen molar-refractivity contribution < 1.29 is 4.39 Å². The lowest BCUT2D eigenvalue weighted by molar-refractivity contribution is 0.302. The Kier molecular flexibility index (Phi) is 10.0. The fraction of sp³-hybridized carbons (Fsp3) is 0.486. The van der Waals surface area contributed by atoms with E-state index < -0.39 is 0 Å². The van der Waals surface area contributed by atoms with Crippen LogP contribution in [0.15, 0.2) is 54.6 Å². The molecule has 3 aromatic carbocycles. The van der Waals surface area contributed by atoms with E-state index in [1.807, 2.05) is 30.3 Å². The molecule has 1 saturated carbocycles. The first-order valence-corrected chi connectivity index (χ1v) is 14.5. The number of hydrogen-bond donors (Lipinski definition) is 0. The Morgan fingerprint density at radius 1 is 0.722 bits per heavy atom. The molecule has 0 unspecified atom stereocenters. The number of fused-ring (bicyclic) bond motifs is 1. The first-order chi connectivity index (χ1) is 17.7. The SMILES string of the molecule is CCCCCCC1CCC(c2ccc(C#Cc3ccc4c(F)c(CCCCC)ccc4c3)cc2)CC1. The Morgan fingerprint density at radius 2 is 1.42 bits per heavy atom. The van der Waals surface area contributed by atoms with Crippen LogP contribution in [0.3, 0.4) is 0 Å². The minimum atomic E-state index is -0.0655. The number of aryl methyl sites for hydroxylation is 1. The molecule has 0 N–H and O–H groups in total. The molecule has 1 heteroatoms. The topological polar surface area (TPSA) is 0 Å². The quantitative estimate of drug-likeness (QED) is 0.199. The maximum absolute atomic E-state index is 14.9. The number of benzene rings is 3. The fourth-order valence-corrected chi connectivity index (χ4v) is 5.80. The van der Waals surface area contributed by atoms with Gasteiger partial charge in [-0.1, -0.05) is 101 Å². The molecule has 36 heavy (non-hydrogen) atoms. The Bertz CT molecular complexity index is 1150. The van der Waals surface area contributed by atoms with Crippen molar-refractivity contribution in [1.82, 2.24) is 0 Å². The largest absolute Gasteiger partial charge is 0.206 e. The van der Waals surface area contributed by atoms with Crippen molar-refractivity contribution in [3.05, 3.63) is 82.7 Å². The number of halogens is 1. The molecule has 0 atom stereocenters. The van der Waals surface area contributed by atoms with Crippen molar-refractivity contribution in [2.45, 2.75) is 103 Å². The summed E-state index contributed by atoms with van der Waals surface area (Å²) in [6.45, 7) is 4.47. The van der Waals surface area contributed by atoms with E-state index >= 15 is 0 Å². The highest BCUT2D eigenvalue weighted by Crippen LogP contribution is 2.37. The monoisotopic (exact) mass is 482 g/mol. The summed E-state index contributed by atoms with van der Waals surface area (Å²) in [4.78, 5) is 0. The molecule has 0 bridgehead atoms. The van der Waals surface area contributed by atoms with Crippen LogP contribution >= 0.6 is 0 Å². The summed E-state index contributed by atoms with van der Waals surface area (Å²) < 4.78 is 14.9. The van der Waals surface area contributed by atoms with Crippen LogP contribution < -0.4 is 0 Å². The molecule has 3 aromatic rings. The molecule has 190 valence electrons. The summed E-state index contributed by atoms with van der Waals surface area (Å²) in [6.07, 6.45) is 16.6. The van der Waals surface area contributed by atoms with Gasteiger partial charge in [-0.05, 0) is 91.1 Å². The van der Waals surface area contributed by atoms with Crippen LogP contribution in [0, 0.1) is 23.6 Å².